The largest absolute Gasteiger partial charge is 0.379 e. The molecule has 0 amide bonds. The summed E-state index contributed by atoms with van der Waals surface area (Å²) < 4.78 is 5.27. The first-order chi connectivity index (χ1) is 8.35. The van der Waals surface area contributed by atoms with Crippen LogP contribution in [0, 0.1) is 22.7 Å². The van der Waals surface area contributed by atoms with Gasteiger partial charge in [-0.05, 0) is 17.7 Å². The minimum absolute atomic E-state index is 0.244. The fourth-order valence-corrected chi connectivity index (χ4v) is 1.94. The van der Waals surface area contributed by atoms with Gasteiger partial charge >= 0.3 is 0 Å². The van der Waals surface area contributed by atoms with E-state index >= 15 is 0 Å². The zero-order valence-corrected chi connectivity index (χ0v) is 9.47. The summed E-state index contributed by atoms with van der Waals surface area (Å²) in [6.07, 6.45) is 0. The van der Waals surface area contributed by atoms with Crippen LogP contribution in [0.15, 0.2) is 24.3 Å². The Hall–Kier alpha value is -1.88. The number of ether oxygens (including phenoxy) is 1. The molecule has 1 heterocycles. The first-order valence-corrected chi connectivity index (χ1v) is 5.56. The Morgan fingerprint density at radius 3 is 2.29 bits per heavy atom. The maximum atomic E-state index is 9.26. The Bertz CT molecular complexity index is 449. The standard InChI is InChI=1S/C13H13N3O/c14-9-11-1-3-12(4-2-11)13(10-15)16-5-7-17-8-6-16/h1-4,13H,5-8H2/t13-/m0/s1. The summed E-state index contributed by atoms with van der Waals surface area (Å²) in [5, 5.41) is 18.0. The fraction of sp³-hybridized carbons (Fsp3) is 0.385. The van der Waals surface area contributed by atoms with Crippen LogP contribution >= 0.6 is 0 Å². The summed E-state index contributed by atoms with van der Waals surface area (Å²) in [6, 6.07) is 11.3. The summed E-state index contributed by atoms with van der Waals surface area (Å²) in [5.74, 6) is 0. The summed E-state index contributed by atoms with van der Waals surface area (Å²) in [6.45, 7) is 2.90. The van der Waals surface area contributed by atoms with Gasteiger partial charge in [0.2, 0.25) is 0 Å². The minimum Gasteiger partial charge on any atom is -0.379 e. The van der Waals surface area contributed by atoms with E-state index in [0.717, 1.165) is 18.7 Å². The summed E-state index contributed by atoms with van der Waals surface area (Å²) in [7, 11) is 0. The van der Waals surface area contributed by atoms with Crippen molar-refractivity contribution in [2.75, 3.05) is 26.3 Å². The van der Waals surface area contributed by atoms with Gasteiger partial charge in [0.1, 0.15) is 6.04 Å². The molecular formula is C13H13N3O. The molecule has 1 atom stereocenters. The average Bonchev–Trinajstić information content (AvgIpc) is 2.42. The van der Waals surface area contributed by atoms with Gasteiger partial charge in [-0.1, -0.05) is 12.1 Å². The van der Waals surface area contributed by atoms with Crippen molar-refractivity contribution in [1.82, 2.24) is 4.90 Å². The lowest BCUT2D eigenvalue weighted by molar-refractivity contribution is 0.0266. The van der Waals surface area contributed by atoms with E-state index in [2.05, 4.69) is 17.0 Å². The van der Waals surface area contributed by atoms with Gasteiger partial charge in [0.15, 0.2) is 0 Å². The van der Waals surface area contributed by atoms with Gasteiger partial charge in [-0.15, -0.1) is 0 Å². The zero-order chi connectivity index (χ0) is 12.1. The second-order valence-electron chi connectivity index (χ2n) is 3.91. The van der Waals surface area contributed by atoms with Crippen molar-refractivity contribution in [3.05, 3.63) is 35.4 Å². The molecule has 1 aliphatic heterocycles. The Balaban J connectivity index is 2.17. The highest BCUT2D eigenvalue weighted by molar-refractivity contribution is 5.34. The highest BCUT2D eigenvalue weighted by Crippen LogP contribution is 2.21. The smallest absolute Gasteiger partial charge is 0.124 e. The molecule has 0 bridgehead atoms. The van der Waals surface area contributed by atoms with Crippen molar-refractivity contribution < 1.29 is 4.74 Å². The van der Waals surface area contributed by atoms with Gasteiger partial charge in [-0.3, -0.25) is 4.90 Å². The van der Waals surface area contributed by atoms with E-state index in [1.54, 1.807) is 12.1 Å². The first-order valence-electron chi connectivity index (χ1n) is 5.56. The lowest BCUT2D eigenvalue weighted by Gasteiger charge is -2.30. The number of rotatable bonds is 2. The van der Waals surface area contributed by atoms with E-state index < -0.39 is 0 Å². The van der Waals surface area contributed by atoms with E-state index in [0.29, 0.717) is 18.8 Å². The molecule has 4 nitrogen and oxygen atoms in total. The quantitative estimate of drug-likeness (QED) is 0.767. The van der Waals surface area contributed by atoms with Gasteiger partial charge in [0, 0.05) is 13.1 Å². The Labute approximate surface area is 101 Å². The normalized spacial score (nSPS) is 18.0. The predicted molar refractivity (Wildman–Crippen MR) is 61.9 cm³/mol. The molecule has 4 heteroatoms. The lowest BCUT2D eigenvalue weighted by Crippen LogP contribution is -2.38. The molecule has 1 fully saturated rings. The van der Waals surface area contributed by atoms with Crippen molar-refractivity contribution in [3.63, 3.8) is 0 Å². The minimum atomic E-state index is -0.244. The maximum Gasteiger partial charge on any atom is 0.124 e. The first kappa shape index (κ1) is 11.6. The lowest BCUT2D eigenvalue weighted by atomic mass is 10.0. The Kier molecular flexibility index (Phi) is 3.72. The number of nitriles is 2. The Morgan fingerprint density at radius 2 is 1.76 bits per heavy atom. The SMILES string of the molecule is N#Cc1ccc([C@H](C#N)N2CCOCC2)cc1. The highest BCUT2D eigenvalue weighted by Gasteiger charge is 2.21. The van der Waals surface area contributed by atoms with Crippen molar-refractivity contribution >= 4 is 0 Å². The van der Waals surface area contributed by atoms with Crippen LogP contribution in [0.1, 0.15) is 17.2 Å². The molecule has 1 aromatic carbocycles. The van der Waals surface area contributed by atoms with Crippen molar-refractivity contribution in [3.8, 4) is 12.1 Å². The summed E-state index contributed by atoms with van der Waals surface area (Å²) in [5.41, 5.74) is 1.56. The third kappa shape index (κ3) is 2.62. The number of nitrogens with zero attached hydrogens (tertiary/aromatic N) is 3. The highest BCUT2D eigenvalue weighted by atomic mass is 16.5. The van der Waals surface area contributed by atoms with E-state index in [1.807, 2.05) is 12.1 Å². The van der Waals surface area contributed by atoms with Crippen molar-refractivity contribution in [2.45, 2.75) is 6.04 Å². The van der Waals surface area contributed by atoms with Gasteiger partial charge in [0.05, 0.1) is 30.9 Å². The van der Waals surface area contributed by atoms with E-state index in [1.165, 1.54) is 0 Å². The molecule has 1 aliphatic rings. The number of morpholine rings is 1. The second kappa shape index (κ2) is 5.45. The summed E-state index contributed by atoms with van der Waals surface area (Å²) in [4.78, 5) is 2.10. The molecule has 86 valence electrons. The molecule has 0 unspecified atom stereocenters. The van der Waals surface area contributed by atoms with E-state index in [4.69, 9.17) is 10.00 Å². The van der Waals surface area contributed by atoms with Gasteiger partial charge < -0.3 is 4.74 Å². The average molecular weight is 227 g/mol. The molecule has 0 spiro atoms. The molecule has 1 aromatic rings. The van der Waals surface area contributed by atoms with Crippen molar-refractivity contribution in [2.24, 2.45) is 0 Å². The molecular weight excluding hydrogens is 214 g/mol. The molecule has 0 radical (unpaired) electrons. The zero-order valence-electron chi connectivity index (χ0n) is 9.47. The van der Waals surface area contributed by atoms with Crippen LogP contribution in [0.25, 0.3) is 0 Å². The molecule has 0 N–H and O–H groups in total. The third-order valence-corrected chi connectivity index (χ3v) is 2.89. The predicted octanol–water partition coefficient (Wildman–Crippen LogP) is 1.46. The molecule has 17 heavy (non-hydrogen) atoms. The molecule has 0 aliphatic carbocycles. The van der Waals surface area contributed by atoms with Crippen LogP contribution < -0.4 is 0 Å². The van der Waals surface area contributed by atoms with Crippen LogP contribution in [0.5, 0.6) is 0 Å². The van der Waals surface area contributed by atoms with Crippen LogP contribution in [-0.2, 0) is 4.74 Å². The number of benzene rings is 1. The van der Waals surface area contributed by atoms with E-state index in [9.17, 15) is 5.26 Å². The van der Waals surface area contributed by atoms with Crippen LogP contribution in [0.3, 0.4) is 0 Å². The van der Waals surface area contributed by atoms with Crippen LogP contribution in [0.4, 0.5) is 0 Å². The fourth-order valence-electron chi connectivity index (χ4n) is 1.94. The third-order valence-electron chi connectivity index (χ3n) is 2.89. The van der Waals surface area contributed by atoms with Gasteiger partial charge in [-0.25, -0.2) is 0 Å². The maximum absolute atomic E-state index is 9.26. The number of hydrogen-bond acceptors (Lipinski definition) is 4. The number of hydrogen-bond donors (Lipinski definition) is 0. The molecule has 1 saturated heterocycles. The monoisotopic (exact) mass is 227 g/mol. The Morgan fingerprint density at radius 1 is 1.12 bits per heavy atom. The summed E-state index contributed by atoms with van der Waals surface area (Å²) >= 11 is 0. The molecule has 2 rings (SSSR count). The van der Waals surface area contributed by atoms with Crippen LogP contribution in [-0.4, -0.2) is 31.2 Å². The van der Waals surface area contributed by atoms with Gasteiger partial charge in [0.25, 0.3) is 0 Å². The van der Waals surface area contributed by atoms with Crippen molar-refractivity contribution in [1.29, 1.82) is 10.5 Å². The van der Waals surface area contributed by atoms with Gasteiger partial charge in [-0.2, -0.15) is 10.5 Å². The second-order valence-corrected chi connectivity index (χ2v) is 3.91. The molecule has 0 aromatic heterocycles. The molecule has 0 saturated carbocycles. The van der Waals surface area contributed by atoms with E-state index in [-0.39, 0.29) is 6.04 Å². The topological polar surface area (TPSA) is 60.0 Å². The van der Waals surface area contributed by atoms with Crippen LogP contribution in [0.2, 0.25) is 0 Å².